The minimum Gasteiger partial charge on any atom is -1.00 e. The first-order valence-corrected chi connectivity index (χ1v) is 3.90. The summed E-state index contributed by atoms with van der Waals surface area (Å²) < 4.78 is 0. The maximum atomic E-state index is 2.28. The summed E-state index contributed by atoms with van der Waals surface area (Å²) in [4.78, 5) is 0. The summed E-state index contributed by atoms with van der Waals surface area (Å²) in [5.74, 6) is 0.694. The van der Waals surface area contributed by atoms with Crippen LogP contribution >= 0.6 is 0 Å². The summed E-state index contributed by atoms with van der Waals surface area (Å²) >= 11 is 0. The number of hydrogen-bond donors (Lipinski definition) is 0. The molecule has 0 aromatic heterocycles. The van der Waals surface area contributed by atoms with Crippen molar-refractivity contribution in [2.75, 3.05) is 0 Å². The van der Waals surface area contributed by atoms with Crippen LogP contribution in [0.25, 0.3) is 0 Å². The predicted molar refractivity (Wildman–Crippen MR) is 47.0 cm³/mol. The summed E-state index contributed by atoms with van der Waals surface area (Å²) in [7, 11) is 0. The first-order chi connectivity index (χ1) is 4.55. The summed E-state index contributed by atoms with van der Waals surface area (Å²) in [6, 6.07) is 0. The molecule has 0 fully saturated rings. The van der Waals surface area contributed by atoms with Crippen molar-refractivity contribution in [3.8, 4) is 0 Å². The maximum Gasteiger partial charge on any atom is 1.00 e. The second-order valence-electron chi connectivity index (χ2n) is 3.34. The van der Waals surface area contributed by atoms with E-state index in [1.54, 1.807) is 11.1 Å². The quantitative estimate of drug-likeness (QED) is 0.451. The monoisotopic (exact) mass is 160 g/mol. The van der Waals surface area contributed by atoms with Crippen molar-refractivity contribution in [1.29, 1.82) is 0 Å². The Morgan fingerprint density at radius 3 is 1.27 bits per heavy atom. The van der Waals surface area contributed by atoms with Crippen LogP contribution in [0.5, 0.6) is 0 Å². The second kappa shape index (κ2) is 3.93. The fourth-order valence-electron chi connectivity index (χ4n) is 1.57. The Morgan fingerprint density at radius 1 is 0.909 bits per heavy atom. The first-order valence-electron chi connectivity index (χ1n) is 3.90. The minimum absolute atomic E-state index is 0. The van der Waals surface area contributed by atoms with Gasteiger partial charge in [-0.2, -0.15) is 0 Å². The molecule has 58 valence electrons. The Balaban J connectivity index is 0. The smallest absolute Gasteiger partial charge is 1.00 e. The molecule has 0 saturated heterocycles. The molecule has 0 aromatic rings. The van der Waals surface area contributed by atoms with Crippen LogP contribution in [0.1, 0.15) is 36.0 Å². The number of allylic oxidation sites excluding steroid dienone is 4. The van der Waals surface area contributed by atoms with Crippen molar-refractivity contribution in [1.82, 2.24) is 0 Å². The van der Waals surface area contributed by atoms with Gasteiger partial charge >= 0.3 is 29.6 Å². The molecule has 0 atom stereocenters. The predicted octanol–water partition coefficient (Wildman–Crippen LogP) is 0.425. The van der Waals surface area contributed by atoms with Gasteiger partial charge in [0.15, 0.2) is 0 Å². The van der Waals surface area contributed by atoms with Gasteiger partial charge in [-0.25, -0.2) is 0 Å². The van der Waals surface area contributed by atoms with E-state index in [0.717, 1.165) is 0 Å². The molecule has 1 heteroatoms. The fraction of sp³-hybridized carbons (Fsp3) is 0.600. The summed E-state index contributed by atoms with van der Waals surface area (Å²) in [6.45, 7) is 11.2. The van der Waals surface area contributed by atoms with Crippen LogP contribution in [0.15, 0.2) is 22.3 Å². The van der Waals surface area contributed by atoms with Gasteiger partial charge in [0, 0.05) is 0 Å². The van der Waals surface area contributed by atoms with Crippen molar-refractivity contribution in [3.05, 3.63) is 22.3 Å². The third kappa shape index (κ3) is 1.80. The van der Waals surface area contributed by atoms with Crippen LogP contribution in [-0.4, -0.2) is 0 Å². The molecule has 0 bridgehead atoms. The first kappa shape index (κ1) is 11.5. The van der Waals surface area contributed by atoms with E-state index in [9.17, 15) is 0 Å². The van der Waals surface area contributed by atoms with Crippen LogP contribution in [0.2, 0.25) is 0 Å². The third-order valence-corrected chi connectivity index (χ3v) is 3.04. The van der Waals surface area contributed by atoms with Crippen LogP contribution in [0.4, 0.5) is 0 Å². The molecule has 0 aromatic carbocycles. The Labute approximate surface area is 93.5 Å². The molecule has 0 spiro atoms. The maximum absolute atomic E-state index is 2.28. The molecule has 0 saturated carbocycles. The standard InChI is InChI=1S/C10H16.Na.H/c1-6-7(2)9(4)10(5)8(6)3;;/h6H,1-5H3;;/q;+1;-1. The zero-order valence-electron chi connectivity index (χ0n) is 9.58. The molecule has 0 heterocycles. The van der Waals surface area contributed by atoms with E-state index >= 15 is 0 Å². The molecular formula is C10H17Na. The van der Waals surface area contributed by atoms with Gasteiger partial charge in [-0.3, -0.25) is 0 Å². The zero-order valence-corrected chi connectivity index (χ0v) is 10.6. The van der Waals surface area contributed by atoms with E-state index in [1.807, 2.05) is 0 Å². The van der Waals surface area contributed by atoms with Crippen molar-refractivity contribution in [2.24, 2.45) is 5.92 Å². The average Bonchev–Trinajstić information content (AvgIpc) is 2.07. The van der Waals surface area contributed by atoms with Gasteiger partial charge in [0.2, 0.25) is 0 Å². The molecule has 1 aliphatic rings. The normalized spacial score (nSPS) is 19.4. The molecule has 0 unspecified atom stereocenters. The Morgan fingerprint density at radius 2 is 1.18 bits per heavy atom. The molecule has 0 amide bonds. The van der Waals surface area contributed by atoms with E-state index in [2.05, 4.69) is 34.6 Å². The zero-order chi connectivity index (χ0) is 7.89. The molecule has 0 radical (unpaired) electrons. The van der Waals surface area contributed by atoms with Crippen molar-refractivity contribution < 1.29 is 31.0 Å². The third-order valence-electron chi connectivity index (χ3n) is 3.04. The molecule has 0 aliphatic heterocycles. The van der Waals surface area contributed by atoms with Crippen LogP contribution in [0.3, 0.4) is 0 Å². The van der Waals surface area contributed by atoms with Crippen molar-refractivity contribution >= 4 is 0 Å². The fourth-order valence-corrected chi connectivity index (χ4v) is 1.57. The largest absolute Gasteiger partial charge is 1.00 e. The van der Waals surface area contributed by atoms with Gasteiger partial charge in [0.1, 0.15) is 0 Å². The van der Waals surface area contributed by atoms with Crippen LogP contribution in [0, 0.1) is 5.92 Å². The van der Waals surface area contributed by atoms with Gasteiger partial charge in [0.25, 0.3) is 0 Å². The molecule has 0 N–H and O–H groups in total. The summed E-state index contributed by atoms with van der Waals surface area (Å²) in [5.41, 5.74) is 6.11. The molecule has 1 rings (SSSR count). The topological polar surface area (TPSA) is 0 Å². The van der Waals surface area contributed by atoms with Crippen molar-refractivity contribution in [2.45, 2.75) is 34.6 Å². The SMILES string of the molecule is CC1=C(C)C(C)C(C)=C1C.[H-].[Na+]. The van der Waals surface area contributed by atoms with Gasteiger partial charge in [-0.05, 0) is 44.8 Å². The summed E-state index contributed by atoms with van der Waals surface area (Å²) in [5, 5.41) is 0. The molecule has 1 aliphatic carbocycles. The van der Waals surface area contributed by atoms with Gasteiger partial charge < -0.3 is 1.43 Å². The van der Waals surface area contributed by atoms with E-state index in [1.165, 1.54) is 11.1 Å². The van der Waals surface area contributed by atoms with E-state index in [4.69, 9.17) is 0 Å². The Kier molecular flexibility index (Phi) is 4.10. The van der Waals surface area contributed by atoms with Crippen LogP contribution < -0.4 is 29.6 Å². The summed E-state index contributed by atoms with van der Waals surface area (Å²) in [6.07, 6.45) is 0. The molecule has 0 nitrogen and oxygen atoms in total. The average molecular weight is 160 g/mol. The molecule has 11 heavy (non-hydrogen) atoms. The van der Waals surface area contributed by atoms with E-state index in [0.29, 0.717) is 5.92 Å². The van der Waals surface area contributed by atoms with E-state index < -0.39 is 0 Å². The van der Waals surface area contributed by atoms with Gasteiger partial charge in [-0.15, -0.1) is 0 Å². The second-order valence-corrected chi connectivity index (χ2v) is 3.34. The molecular weight excluding hydrogens is 143 g/mol. The number of rotatable bonds is 0. The Hall–Kier alpha value is 0.480. The van der Waals surface area contributed by atoms with E-state index in [-0.39, 0.29) is 31.0 Å². The van der Waals surface area contributed by atoms with Crippen molar-refractivity contribution in [3.63, 3.8) is 0 Å². The van der Waals surface area contributed by atoms with Crippen LogP contribution in [-0.2, 0) is 0 Å². The number of hydrogen-bond acceptors (Lipinski definition) is 0. The Bertz CT molecular complexity index is 202. The van der Waals surface area contributed by atoms with Gasteiger partial charge in [0.05, 0.1) is 0 Å². The van der Waals surface area contributed by atoms with Gasteiger partial charge in [-0.1, -0.05) is 18.1 Å². The minimum atomic E-state index is 0.